The van der Waals surface area contributed by atoms with Gasteiger partial charge in [0.25, 0.3) is 0 Å². The lowest BCUT2D eigenvalue weighted by Crippen LogP contribution is -2.11. The highest BCUT2D eigenvalue weighted by Gasteiger charge is 2.10. The van der Waals surface area contributed by atoms with Crippen LogP contribution in [0.15, 0.2) is 51.7 Å². The number of fused-ring (bicyclic) bond motifs is 1. The van der Waals surface area contributed by atoms with Crippen molar-refractivity contribution in [1.29, 1.82) is 0 Å². The third-order valence-corrected chi connectivity index (χ3v) is 4.33. The van der Waals surface area contributed by atoms with E-state index in [0.717, 1.165) is 28.5 Å². The van der Waals surface area contributed by atoms with Crippen LogP contribution in [0.1, 0.15) is 29.2 Å². The molecule has 0 saturated carbocycles. The zero-order valence-electron chi connectivity index (χ0n) is 14.6. The van der Waals surface area contributed by atoms with Gasteiger partial charge in [-0.3, -0.25) is 4.79 Å². The molecule has 0 unspecified atom stereocenters. The molecule has 0 fully saturated rings. The molecule has 1 heterocycles. The van der Waals surface area contributed by atoms with Crippen molar-refractivity contribution >= 4 is 16.9 Å². The lowest BCUT2D eigenvalue weighted by Gasteiger charge is -2.08. The molecule has 0 aliphatic heterocycles. The number of ether oxygens (including phenoxy) is 1. The Hall–Kier alpha value is -2.88. The number of aryl methyl sites for hydroxylation is 3. The van der Waals surface area contributed by atoms with Gasteiger partial charge in [0.1, 0.15) is 11.3 Å². The molecule has 2 aromatic carbocycles. The first kappa shape index (κ1) is 17.0. The van der Waals surface area contributed by atoms with E-state index in [4.69, 9.17) is 9.15 Å². The fraction of sp³-hybridized carbons (Fsp3) is 0.238. The number of esters is 1. The van der Waals surface area contributed by atoms with E-state index in [1.165, 1.54) is 11.6 Å². The van der Waals surface area contributed by atoms with Crippen molar-refractivity contribution in [3.8, 4) is 5.75 Å². The smallest absolute Gasteiger partial charge is 0.336 e. The van der Waals surface area contributed by atoms with E-state index in [-0.39, 0.29) is 12.4 Å². The van der Waals surface area contributed by atoms with Gasteiger partial charge in [-0.1, -0.05) is 25.1 Å². The minimum atomic E-state index is -0.400. The highest BCUT2D eigenvalue weighted by atomic mass is 16.5. The number of rotatable bonds is 4. The second-order valence-electron chi connectivity index (χ2n) is 6.17. The summed E-state index contributed by atoms with van der Waals surface area (Å²) < 4.78 is 10.6. The first-order chi connectivity index (χ1) is 12.0. The van der Waals surface area contributed by atoms with Gasteiger partial charge in [-0.05, 0) is 54.7 Å². The van der Waals surface area contributed by atoms with E-state index in [2.05, 4.69) is 0 Å². The predicted molar refractivity (Wildman–Crippen MR) is 97.1 cm³/mol. The molecule has 0 aliphatic carbocycles. The Morgan fingerprint density at radius 1 is 1.04 bits per heavy atom. The molecular formula is C21H20O4. The number of benzene rings is 2. The Kier molecular flexibility index (Phi) is 4.70. The van der Waals surface area contributed by atoms with E-state index in [1.807, 2.05) is 45.0 Å². The first-order valence-corrected chi connectivity index (χ1v) is 8.30. The molecule has 25 heavy (non-hydrogen) atoms. The predicted octanol–water partition coefficient (Wildman–Crippen LogP) is 4.12. The molecule has 0 N–H and O–H groups in total. The van der Waals surface area contributed by atoms with E-state index >= 15 is 0 Å². The third-order valence-electron chi connectivity index (χ3n) is 4.33. The Bertz CT molecular complexity index is 998. The van der Waals surface area contributed by atoms with Crippen LogP contribution in [0.5, 0.6) is 5.75 Å². The molecule has 0 amide bonds. The number of hydrogen-bond acceptors (Lipinski definition) is 4. The standard InChI is InChI=1S/C21H20O4/c1-4-16-11-21(23)25-19-12-17(7-8-18(16)19)24-20(22)10-15-6-5-13(2)14(3)9-15/h5-9,11-12H,4,10H2,1-3H3. The van der Waals surface area contributed by atoms with Crippen LogP contribution in [0.4, 0.5) is 0 Å². The van der Waals surface area contributed by atoms with Crippen LogP contribution in [0.2, 0.25) is 0 Å². The maximum atomic E-state index is 12.2. The molecule has 4 heteroatoms. The molecule has 0 atom stereocenters. The van der Waals surface area contributed by atoms with E-state index < -0.39 is 5.63 Å². The van der Waals surface area contributed by atoms with Crippen molar-refractivity contribution < 1.29 is 13.9 Å². The topological polar surface area (TPSA) is 56.5 Å². The summed E-state index contributed by atoms with van der Waals surface area (Å²) in [5.41, 5.74) is 4.19. The molecule has 0 spiro atoms. The fourth-order valence-electron chi connectivity index (χ4n) is 2.81. The van der Waals surface area contributed by atoms with Gasteiger partial charge in [0, 0.05) is 17.5 Å². The van der Waals surface area contributed by atoms with Crippen LogP contribution >= 0.6 is 0 Å². The van der Waals surface area contributed by atoms with Gasteiger partial charge in [0.05, 0.1) is 6.42 Å². The van der Waals surface area contributed by atoms with Crippen molar-refractivity contribution in [3.63, 3.8) is 0 Å². The van der Waals surface area contributed by atoms with Gasteiger partial charge in [0.2, 0.25) is 0 Å². The van der Waals surface area contributed by atoms with Crippen LogP contribution in [0, 0.1) is 13.8 Å². The average Bonchev–Trinajstić information content (AvgIpc) is 2.57. The second-order valence-corrected chi connectivity index (χ2v) is 6.17. The van der Waals surface area contributed by atoms with Crippen molar-refractivity contribution in [2.24, 2.45) is 0 Å². The highest BCUT2D eigenvalue weighted by Crippen LogP contribution is 2.23. The Morgan fingerprint density at radius 2 is 1.84 bits per heavy atom. The van der Waals surface area contributed by atoms with Crippen LogP contribution in [-0.4, -0.2) is 5.97 Å². The molecule has 0 saturated heterocycles. The first-order valence-electron chi connectivity index (χ1n) is 8.30. The minimum Gasteiger partial charge on any atom is -0.426 e. The largest absolute Gasteiger partial charge is 0.426 e. The summed E-state index contributed by atoms with van der Waals surface area (Å²) in [7, 11) is 0. The molecule has 4 nitrogen and oxygen atoms in total. The molecular weight excluding hydrogens is 316 g/mol. The van der Waals surface area contributed by atoms with Gasteiger partial charge in [-0.2, -0.15) is 0 Å². The van der Waals surface area contributed by atoms with Gasteiger partial charge in [-0.25, -0.2) is 4.79 Å². The van der Waals surface area contributed by atoms with E-state index in [9.17, 15) is 9.59 Å². The maximum Gasteiger partial charge on any atom is 0.336 e. The summed E-state index contributed by atoms with van der Waals surface area (Å²) in [4.78, 5) is 23.8. The van der Waals surface area contributed by atoms with Crippen LogP contribution < -0.4 is 10.4 Å². The SMILES string of the molecule is CCc1cc(=O)oc2cc(OC(=O)Cc3ccc(C)c(C)c3)ccc12. The summed E-state index contributed by atoms with van der Waals surface area (Å²) in [6, 6.07) is 12.5. The summed E-state index contributed by atoms with van der Waals surface area (Å²) in [6.45, 7) is 6.03. The molecule has 128 valence electrons. The molecule has 1 aromatic heterocycles. The van der Waals surface area contributed by atoms with Gasteiger partial charge < -0.3 is 9.15 Å². The summed E-state index contributed by atoms with van der Waals surface area (Å²) in [6.07, 6.45) is 0.923. The molecule has 3 rings (SSSR count). The lowest BCUT2D eigenvalue weighted by molar-refractivity contribution is -0.133. The quantitative estimate of drug-likeness (QED) is 0.408. The van der Waals surface area contributed by atoms with Crippen molar-refractivity contribution in [2.75, 3.05) is 0 Å². The third kappa shape index (κ3) is 3.79. The average molecular weight is 336 g/mol. The van der Waals surface area contributed by atoms with Crippen molar-refractivity contribution in [2.45, 2.75) is 33.6 Å². The minimum absolute atomic E-state index is 0.193. The van der Waals surface area contributed by atoms with E-state index in [1.54, 1.807) is 12.1 Å². The molecule has 0 aliphatic rings. The van der Waals surface area contributed by atoms with Gasteiger partial charge in [-0.15, -0.1) is 0 Å². The monoisotopic (exact) mass is 336 g/mol. The summed E-state index contributed by atoms with van der Waals surface area (Å²) in [5.74, 6) is 0.0225. The summed E-state index contributed by atoms with van der Waals surface area (Å²) in [5, 5.41) is 0.857. The highest BCUT2D eigenvalue weighted by molar-refractivity contribution is 5.83. The zero-order valence-corrected chi connectivity index (χ0v) is 14.6. The molecule has 0 radical (unpaired) electrons. The number of hydrogen-bond donors (Lipinski definition) is 0. The lowest BCUT2D eigenvalue weighted by atomic mass is 10.0. The normalized spacial score (nSPS) is 10.8. The van der Waals surface area contributed by atoms with Crippen LogP contribution in [-0.2, 0) is 17.6 Å². The Labute approximate surface area is 146 Å². The van der Waals surface area contributed by atoms with E-state index in [0.29, 0.717) is 11.3 Å². The Balaban J connectivity index is 1.81. The maximum absolute atomic E-state index is 12.2. The van der Waals surface area contributed by atoms with Crippen LogP contribution in [0.25, 0.3) is 11.0 Å². The summed E-state index contributed by atoms with van der Waals surface area (Å²) >= 11 is 0. The zero-order chi connectivity index (χ0) is 18.0. The Morgan fingerprint density at radius 3 is 2.56 bits per heavy atom. The molecule has 0 bridgehead atoms. The number of carbonyl (C=O) groups is 1. The van der Waals surface area contributed by atoms with Gasteiger partial charge in [0.15, 0.2) is 0 Å². The second kappa shape index (κ2) is 6.93. The van der Waals surface area contributed by atoms with Crippen LogP contribution in [0.3, 0.4) is 0 Å². The van der Waals surface area contributed by atoms with Crippen molar-refractivity contribution in [3.05, 3.63) is 75.1 Å². The van der Waals surface area contributed by atoms with Gasteiger partial charge >= 0.3 is 11.6 Å². The molecule has 3 aromatic rings. The number of carbonyl (C=O) groups excluding carboxylic acids is 1. The fourth-order valence-corrected chi connectivity index (χ4v) is 2.81. The van der Waals surface area contributed by atoms with Crippen molar-refractivity contribution in [1.82, 2.24) is 0 Å².